The molecular weight excluding hydrogens is 471 g/mol. The fraction of sp³-hybridized carbons (Fsp3) is 0.414. The van der Waals surface area contributed by atoms with Crippen LogP contribution in [0.15, 0.2) is 61.2 Å². The number of carbonyl (C=O) groups excluding carboxylic acids is 1. The Morgan fingerprint density at radius 3 is 2.29 bits per heavy atom. The zero-order valence-corrected chi connectivity index (χ0v) is 21.3. The molecule has 5 heteroatoms. The van der Waals surface area contributed by atoms with E-state index in [0.717, 1.165) is 55.8 Å². The SMILES string of the molecule is C=CC(=O)OCCCCCCCc1ccc(C=[C]=[Co][O]c2ccc(OCCCCC)cc2)cc1. The molecule has 0 saturated heterocycles. The summed E-state index contributed by atoms with van der Waals surface area (Å²) in [5, 5.41) is 0. The summed E-state index contributed by atoms with van der Waals surface area (Å²) in [5.41, 5.74) is 2.46. The maximum absolute atomic E-state index is 11.0. The van der Waals surface area contributed by atoms with Crippen LogP contribution in [-0.4, -0.2) is 23.8 Å². The fourth-order valence-corrected chi connectivity index (χ4v) is 3.79. The van der Waals surface area contributed by atoms with E-state index >= 15 is 0 Å². The summed E-state index contributed by atoms with van der Waals surface area (Å²) in [6.07, 6.45) is 13.2. The second kappa shape index (κ2) is 17.8. The van der Waals surface area contributed by atoms with Crippen molar-refractivity contribution < 1.29 is 32.7 Å². The Morgan fingerprint density at radius 2 is 1.56 bits per heavy atom. The van der Waals surface area contributed by atoms with E-state index in [9.17, 15) is 4.79 Å². The summed E-state index contributed by atoms with van der Waals surface area (Å²) in [5.74, 6) is 1.34. The minimum absolute atomic E-state index is 0.337. The third-order valence-corrected chi connectivity index (χ3v) is 5.83. The number of rotatable bonds is 17. The van der Waals surface area contributed by atoms with Gasteiger partial charge in [-0.25, -0.2) is 4.79 Å². The molecule has 2 aromatic rings. The monoisotopic (exact) mass is 508 g/mol. The van der Waals surface area contributed by atoms with E-state index in [4.69, 9.17) is 13.3 Å². The number of hydrogen-bond acceptors (Lipinski definition) is 4. The number of unbranched alkanes of at least 4 members (excludes halogenated alkanes) is 6. The van der Waals surface area contributed by atoms with Gasteiger partial charge < -0.3 is 4.74 Å². The molecule has 0 aliphatic carbocycles. The normalized spacial score (nSPS) is 10.4. The van der Waals surface area contributed by atoms with Crippen molar-refractivity contribution in [2.45, 2.75) is 64.7 Å². The van der Waals surface area contributed by atoms with Gasteiger partial charge in [-0.2, -0.15) is 0 Å². The van der Waals surface area contributed by atoms with E-state index in [-0.39, 0.29) is 5.97 Å². The van der Waals surface area contributed by atoms with Crippen molar-refractivity contribution in [2.75, 3.05) is 13.2 Å². The van der Waals surface area contributed by atoms with E-state index in [1.54, 1.807) is 0 Å². The average Bonchev–Trinajstić information content (AvgIpc) is 2.87. The Hall–Kier alpha value is -2.59. The molecule has 0 saturated carbocycles. The van der Waals surface area contributed by atoms with Gasteiger partial charge in [0.05, 0.1) is 6.61 Å². The van der Waals surface area contributed by atoms with Crippen molar-refractivity contribution >= 4 is 16.7 Å². The molecule has 0 aliphatic heterocycles. The van der Waals surface area contributed by atoms with Crippen LogP contribution in [-0.2, 0) is 30.5 Å². The first-order valence-corrected chi connectivity index (χ1v) is 13.1. The first-order valence-electron chi connectivity index (χ1n) is 12.2. The van der Waals surface area contributed by atoms with Crippen molar-refractivity contribution in [3.8, 4) is 11.5 Å². The molecule has 186 valence electrons. The number of ether oxygens (including phenoxy) is 2. The van der Waals surface area contributed by atoms with Crippen LogP contribution in [0.2, 0.25) is 0 Å². The van der Waals surface area contributed by atoms with Crippen molar-refractivity contribution in [3.05, 3.63) is 72.3 Å². The predicted molar refractivity (Wildman–Crippen MR) is 136 cm³/mol. The van der Waals surface area contributed by atoms with Gasteiger partial charge in [-0.15, -0.1) is 0 Å². The van der Waals surface area contributed by atoms with Gasteiger partial charge in [0.1, 0.15) is 0 Å². The van der Waals surface area contributed by atoms with Crippen LogP contribution in [0.4, 0.5) is 0 Å². The first-order chi connectivity index (χ1) is 16.7. The molecule has 4 nitrogen and oxygen atoms in total. The summed E-state index contributed by atoms with van der Waals surface area (Å²) < 4.78 is 19.6. The van der Waals surface area contributed by atoms with Crippen LogP contribution in [0.5, 0.6) is 11.5 Å². The summed E-state index contributed by atoms with van der Waals surface area (Å²) in [7, 11) is 0. The third-order valence-electron chi connectivity index (χ3n) is 5.21. The number of aryl methyl sites for hydroxylation is 1. The van der Waals surface area contributed by atoms with Crippen LogP contribution in [0.1, 0.15) is 69.4 Å². The summed E-state index contributed by atoms with van der Waals surface area (Å²) in [6.45, 7) is 6.83. The molecule has 0 amide bonds. The molecule has 0 atom stereocenters. The molecule has 0 aliphatic rings. The molecular formula is C29H37CoO4. The van der Waals surface area contributed by atoms with Crippen LogP contribution >= 0.6 is 0 Å². The van der Waals surface area contributed by atoms with Gasteiger partial charge in [-0.05, 0) is 0 Å². The molecule has 0 unspecified atom stereocenters. The van der Waals surface area contributed by atoms with E-state index in [1.807, 2.05) is 30.3 Å². The van der Waals surface area contributed by atoms with Gasteiger partial charge in [0.2, 0.25) is 0 Å². The standard InChI is InChI=1S/C18H22O2.C11H16O2.Co/c1-3-16-11-13-17(14-12-16)10-8-6-5-7-9-15-20-18(19)4-2;1-2-3-4-9-13-11-7-5-10(12)6-8-11;/h3-4,11-14H,2,5-10,15H2;5-8,12H,2-4,9H2,1H3;/q;;+1/p-1. The summed E-state index contributed by atoms with van der Waals surface area (Å²) >= 11 is 0.699. The molecule has 2 aromatic carbocycles. The number of esters is 1. The fourth-order valence-electron chi connectivity index (χ4n) is 3.23. The maximum atomic E-state index is 11.0. The summed E-state index contributed by atoms with van der Waals surface area (Å²) in [4.78, 5) is 11.0. The summed E-state index contributed by atoms with van der Waals surface area (Å²) in [6, 6.07) is 16.3. The van der Waals surface area contributed by atoms with Gasteiger partial charge in [0.15, 0.2) is 0 Å². The molecule has 0 bridgehead atoms. The number of benzene rings is 2. The van der Waals surface area contributed by atoms with Gasteiger partial charge in [-0.1, -0.05) is 6.58 Å². The topological polar surface area (TPSA) is 44.8 Å². The van der Waals surface area contributed by atoms with E-state index < -0.39 is 0 Å². The van der Waals surface area contributed by atoms with Crippen LogP contribution in [0.25, 0.3) is 6.08 Å². The van der Waals surface area contributed by atoms with Crippen molar-refractivity contribution in [1.82, 2.24) is 0 Å². The van der Waals surface area contributed by atoms with Gasteiger partial charge in [-0.3, -0.25) is 0 Å². The molecule has 2 rings (SSSR count). The quantitative estimate of drug-likeness (QED) is 0.132. The molecule has 0 radical (unpaired) electrons. The first kappa shape index (κ1) is 27.6. The zero-order valence-electron chi connectivity index (χ0n) is 20.2. The van der Waals surface area contributed by atoms with Gasteiger partial charge in [0.25, 0.3) is 0 Å². The van der Waals surface area contributed by atoms with Crippen molar-refractivity contribution in [3.63, 3.8) is 0 Å². The number of hydrogen-bond donors (Lipinski definition) is 0. The second-order valence-electron chi connectivity index (χ2n) is 8.03. The van der Waals surface area contributed by atoms with E-state index in [1.165, 1.54) is 37.3 Å². The molecule has 0 aromatic heterocycles. The van der Waals surface area contributed by atoms with Gasteiger partial charge >= 0.3 is 182 Å². The molecule has 0 spiro atoms. The Kier molecular flexibility index (Phi) is 14.5. The van der Waals surface area contributed by atoms with E-state index in [2.05, 4.69) is 42.4 Å². The van der Waals surface area contributed by atoms with E-state index in [0.29, 0.717) is 21.2 Å². The molecule has 34 heavy (non-hydrogen) atoms. The third kappa shape index (κ3) is 12.6. The molecule has 0 N–H and O–H groups in total. The van der Waals surface area contributed by atoms with Crippen LogP contribution in [0, 0.1) is 0 Å². The van der Waals surface area contributed by atoms with Crippen molar-refractivity contribution in [2.24, 2.45) is 0 Å². The van der Waals surface area contributed by atoms with Crippen LogP contribution < -0.4 is 8.59 Å². The zero-order chi connectivity index (χ0) is 24.3. The molecule has 0 heterocycles. The van der Waals surface area contributed by atoms with Gasteiger partial charge in [0, 0.05) is 6.08 Å². The average molecular weight is 509 g/mol. The Labute approximate surface area is 210 Å². The number of carbonyl (C=O) groups is 1. The van der Waals surface area contributed by atoms with Crippen molar-refractivity contribution in [1.29, 1.82) is 0 Å². The Bertz CT molecular complexity index is 897. The Balaban J connectivity index is 1.61. The second-order valence-corrected chi connectivity index (χ2v) is 8.76. The van der Waals surface area contributed by atoms with Crippen LogP contribution in [0.3, 0.4) is 0 Å². The molecule has 0 fully saturated rings. The minimum atomic E-state index is -0.337. The Morgan fingerprint density at radius 1 is 0.882 bits per heavy atom. The predicted octanol–water partition coefficient (Wildman–Crippen LogP) is 6.97.